The molecule has 2 aromatic carbocycles. The van der Waals surface area contributed by atoms with Gasteiger partial charge in [0, 0.05) is 16.1 Å². The lowest BCUT2D eigenvalue weighted by molar-refractivity contribution is -0.380. The summed E-state index contributed by atoms with van der Waals surface area (Å²) < 4.78 is 0. The van der Waals surface area contributed by atoms with E-state index in [9.17, 15) is 19.7 Å². The lowest BCUT2D eigenvalue weighted by Crippen LogP contribution is -2.11. The van der Waals surface area contributed by atoms with Gasteiger partial charge >= 0.3 is 5.00 Å². The quantitative estimate of drug-likeness (QED) is 0.269. The second-order valence-corrected chi connectivity index (χ2v) is 6.93. The molecular formula is C19H12ClN3O4S. The fourth-order valence-corrected chi connectivity index (χ4v) is 3.06. The van der Waals surface area contributed by atoms with E-state index in [0.29, 0.717) is 16.1 Å². The standard InChI is InChI=1S/C19H12ClN3O4S/c20-15-4-2-1-3-12(15)9-10-16(24)13-5-7-14(8-6-13)18(25)22-19-21-11-17(28-19)23(26)27/h1-11H,(H,21,22,25)/b10-9+. The van der Waals surface area contributed by atoms with E-state index >= 15 is 0 Å². The molecule has 0 bridgehead atoms. The number of benzene rings is 2. The average Bonchev–Trinajstić information content (AvgIpc) is 3.16. The van der Waals surface area contributed by atoms with Crippen molar-refractivity contribution >= 4 is 50.8 Å². The molecule has 0 saturated heterocycles. The molecule has 0 aliphatic heterocycles. The van der Waals surface area contributed by atoms with Crippen LogP contribution in [-0.2, 0) is 0 Å². The number of anilines is 1. The Balaban J connectivity index is 1.66. The molecule has 0 atom stereocenters. The molecule has 0 aliphatic rings. The van der Waals surface area contributed by atoms with Crippen LogP contribution in [0.3, 0.4) is 0 Å². The second kappa shape index (κ2) is 8.55. The summed E-state index contributed by atoms with van der Waals surface area (Å²) in [5.41, 5.74) is 1.43. The third-order valence-electron chi connectivity index (χ3n) is 3.64. The molecule has 0 spiro atoms. The zero-order valence-corrected chi connectivity index (χ0v) is 15.7. The van der Waals surface area contributed by atoms with E-state index in [1.54, 1.807) is 24.3 Å². The number of hydrogen-bond donors (Lipinski definition) is 1. The van der Waals surface area contributed by atoms with E-state index in [4.69, 9.17) is 11.6 Å². The molecule has 0 aliphatic carbocycles. The first-order valence-corrected chi connectivity index (χ1v) is 9.12. The minimum Gasteiger partial charge on any atom is -0.298 e. The Morgan fingerprint density at radius 3 is 2.43 bits per heavy atom. The van der Waals surface area contributed by atoms with Gasteiger partial charge in [0.05, 0.1) is 4.92 Å². The van der Waals surface area contributed by atoms with Crippen LogP contribution in [0.4, 0.5) is 10.1 Å². The van der Waals surface area contributed by atoms with Gasteiger partial charge in [-0.2, -0.15) is 0 Å². The second-order valence-electron chi connectivity index (χ2n) is 5.51. The molecule has 3 rings (SSSR count). The lowest BCUT2D eigenvalue weighted by Gasteiger charge is -2.02. The fourth-order valence-electron chi connectivity index (χ4n) is 2.23. The van der Waals surface area contributed by atoms with Gasteiger partial charge in [0.15, 0.2) is 10.9 Å². The first-order chi connectivity index (χ1) is 13.4. The van der Waals surface area contributed by atoms with Crippen molar-refractivity contribution in [1.29, 1.82) is 0 Å². The van der Waals surface area contributed by atoms with Crippen molar-refractivity contribution in [3.8, 4) is 0 Å². The molecule has 0 unspecified atom stereocenters. The van der Waals surface area contributed by atoms with Crippen molar-refractivity contribution in [2.75, 3.05) is 5.32 Å². The predicted octanol–water partition coefficient (Wildman–Crippen LogP) is 4.85. The smallest absolute Gasteiger partial charge is 0.298 e. The molecule has 0 saturated carbocycles. The summed E-state index contributed by atoms with van der Waals surface area (Å²) in [6.45, 7) is 0. The molecule has 1 heterocycles. The number of carbonyl (C=O) groups is 2. The molecule has 7 nitrogen and oxygen atoms in total. The number of rotatable bonds is 6. The zero-order chi connectivity index (χ0) is 20.1. The largest absolute Gasteiger partial charge is 0.345 e. The Morgan fingerprint density at radius 2 is 1.79 bits per heavy atom. The summed E-state index contributed by atoms with van der Waals surface area (Å²) in [5, 5.41) is 13.6. The number of thiazole rings is 1. The van der Waals surface area contributed by atoms with Gasteiger partial charge in [-0.25, -0.2) is 4.98 Å². The Bertz CT molecular complexity index is 1080. The fraction of sp³-hybridized carbons (Fsp3) is 0. The van der Waals surface area contributed by atoms with Crippen LogP contribution in [0.2, 0.25) is 5.02 Å². The van der Waals surface area contributed by atoms with Gasteiger partial charge in [0.2, 0.25) is 0 Å². The molecule has 1 aromatic heterocycles. The summed E-state index contributed by atoms with van der Waals surface area (Å²) in [7, 11) is 0. The number of nitrogens with zero attached hydrogens (tertiary/aromatic N) is 2. The van der Waals surface area contributed by atoms with Crippen molar-refractivity contribution in [3.63, 3.8) is 0 Å². The van der Waals surface area contributed by atoms with E-state index in [1.165, 1.54) is 30.3 Å². The van der Waals surface area contributed by atoms with Gasteiger partial charge in [0.1, 0.15) is 6.20 Å². The summed E-state index contributed by atoms with van der Waals surface area (Å²) in [6, 6.07) is 13.2. The number of halogens is 1. The summed E-state index contributed by atoms with van der Waals surface area (Å²) >= 11 is 6.81. The lowest BCUT2D eigenvalue weighted by atomic mass is 10.1. The molecule has 0 radical (unpaired) electrons. The van der Waals surface area contributed by atoms with Crippen LogP contribution in [0.1, 0.15) is 26.3 Å². The van der Waals surface area contributed by atoms with Crippen LogP contribution in [0.25, 0.3) is 6.08 Å². The summed E-state index contributed by atoms with van der Waals surface area (Å²) in [5.74, 6) is -0.711. The first kappa shape index (κ1) is 19.4. The van der Waals surface area contributed by atoms with Crippen LogP contribution < -0.4 is 5.32 Å². The Morgan fingerprint density at radius 1 is 1.11 bits per heavy atom. The summed E-state index contributed by atoms with van der Waals surface area (Å²) in [6.07, 6.45) is 4.11. The highest BCUT2D eigenvalue weighted by Crippen LogP contribution is 2.25. The van der Waals surface area contributed by atoms with Crippen LogP contribution in [0.5, 0.6) is 0 Å². The topological polar surface area (TPSA) is 102 Å². The SMILES string of the molecule is O=C(/C=C/c1ccccc1Cl)c1ccc(C(=O)Nc2ncc([N+](=O)[O-])s2)cc1. The van der Waals surface area contributed by atoms with E-state index in [1.807, 2.05) is 6.07 Å². The monoisotopic (exact) mass is 413 g/mol. The molecule has 1 amide bonds. The molecular weight excluding hydrogens is 402 g/mol. The van der Waals surface area contributed by atoms with E-state index in [-0.39, 0.29) is 15.9 Å². The zero-order valence-electron chi connectivity index (χ0n) is 14.2. The molecule has 9 heteroatoms. The van der Waals surface area contributed by atoms with Crippen LogP contribution in [0.15, 0.2) is 60.8 Å². The van der Waals surface area contributed by atoms with Crippen molar-refractivity contribution < 1.29 is 14.5 Å². The number of allylic oxidation sites excluding steroid dienone is 1. The van der Waals surface area contributed by atoms with Gasteiger partial charge in [-0.15, -0.1) is 0 Å². The minimum absolute atomic E-state index is 0.125. The predicted molar refractivity (Wildman–Crippen MR) is 108 cm³/mol. The van der Waals surface area contributed by atoms with Gasteiger partial charge in [-0.3, -0.25) is 25.0 Å². The number of nitrogens with one attached hydrogen (secondary N) is 1. The maximum atomic E-state index is 12.3. The number of carbonyl (C=O) groups excluding carboxylic acids is 2. The Kier molecular flexibility index (Phi) is 5.93. The number of aromatic nitrogens is 1. The number of ketones is 1. The van der Waals surface area contributed by atoms with E-state index < -0.39 is 10.8 Å². The molecule has 0 fully saturated rings. The van der Waals surface area contributed by atoms with Crippen molar-refractivity contribution in [3.05, 3.63) is 92.6 Å². The van der Waals surface area contributed by atoms with Gasteiger partial charge in [0.25, 0.3) is 5.91 Å². The maximum Gasteiger partial charge on any atom is 0.345 e. The molecule has 140 valence electrons. The minimum atomic E-state index is -0.579. The number of amides is 1. The maximum absolute atomic E-state index is 12.3. The van der Waals surface area contributed by atoms with Crippen LogP contribution in [0, 0.1) is 10.1 Å². The number of hydrogen-bond acceptors (Lipinski definition) is 6. The molecule has 3 aromatic rings. The Labute approximate surface area is 168 Å². The van der Waals surface area contributed by atoms with Gasteiger partial charge in [-0.05, 0) is 47.3 Å². The van der Waals surface area contributed by atoms with Gasteiger partial charge < -0.3 is 0 Å². The third-order valence-corrected chi connectivity index (χ3v) is 4.85. The van der Waals surface area contributed by atoms with Crippen molar-refractivity contribution in [2.45, 2.75) is 0 Å². The highest BCUT2D eigenvalue weighted by Gasteiger charge is 2.14. The van der Waals surface area contributed by atoms with Crippen molar-refractivity contribution in [1.82, 2.24) is 4.98 Å². The van der Waals surface area contributed by atoms with Crippen LogP contribution >= 0.6 is 22.9 Å². The first-order valence-electron chi connectivity index (χ1n) is 7.92. The van der Waals surface area contributed by atoms with Gasteiger partial charge in [-0.1, -0.05) is 41.9 Å². The summed E-state index contributed by atoms with van der Waals surface area (Å²) in [4.78, 5) is 38.3. The van der Waals surface area contributed by atoms with Crippen LogP contribution in [-0.4, -0.2) is 21.6 Å². The Hall–Kier alpha value is -3.36. The highest BCUT2D eigenvalue weighted by molar-refractivity contribution is 7.18. The molecule has 1 N–H and O–H groups in total. The van der Waals surface area contributed by atoms with E-state index in [2.05, 4.69) is 10.3 Å². The third kappa shape index (κ3) is 4.67. The van der Waals surface area contributed by atoms with Crippen molar-refractivity contribution in [2.24, 2.45) is 0 Å². The molecule has 28 heavy (non-hydrogen) atoms. The average molecular weight is 414 g/mol. The van der Waals surface area contributed by atoms with E-state index in [0.717, 1.165) is 23.1 Å². The number of nitro groups is 1. The normalized spacial score (nSPS) is 10.8. The highest BCUT2D eigenvalue weighted by atomic mass is 35.5.